The van der Waals surface area contributed by atoms with E-state index < -0.39 is 29.4 Å². The van der Waals surface area contributed by atoms with E-state index in [-0.39, 0.29) is 31.2 Å². The summed E-state index contributed by atoms with van der Waals surface area (Å²) in [6.07, 6.45) is -3.72. The molecule has 1 heterocycles. The molecule has 1 aliphatic rings. The van der Waals surface area contributed by atoms with Gasteiger partial charge in [0.1, 0.15) is 5.82 Å². The molecule has 0 atom stereocenters. The maximum atomic E-state index is 13.5. The number of carbonyl (C=O) groups is 2. The molecule has 0 spiro atoms. The van der Waals surface area contributed by atoms with Crippen molar-refractivity contribution in [1.82, 2.24) is 9.80 Å². The summed E-state index contributed by atoms with van der Waals surface area (Å²) >= 11 is 0. The number of halogens is 4. The highest BCUT2D eigenvalue weighted by molar-refractivity contribution is 5.94. The molecule has 0 radical (unpaired) electrons. The second kappa shape index (κ2) is 8.03. The first-order chi connectivity index (χ1) is 12.1. The fourth-order valence-electron chi connectivity index (χ4n) is 3.17. The molecule has 144 valence electrons. The molecular formula is C17H20F4N2O3. The van der Waals surface area contributed by atoms with E-state index in [1.165, 1.54) is 4.90 Å². The smallest absolute Gasteiger partial charge is 0.416 e. The van der Waals surface area contributed by atoms with Gasteiger partial charge in [-0.05, 0) is 37.6 Å². The number of benzene rings is 1. The molecule has 1 aliphatic heterocycles. The van der Waals surface area contributed by atoms with Crippen molar-refractivity contribution < 1.29 is 32.3 Å². The summed E-state index contributed by atoms with van der Waals surface area (Å²) < 4.78 is 51.9. The maximum Gasteiger partial charge on any atom is 0.416 e. The highest BCUT2D eigenvalue weighted by Gasteiger charge is 2.33. The van der Waals surface area contributed by atoms with E-state index in [4.69, 9.17) is 5.11 Å². The van der Waals surface area contributed by atoms with Crippen molar-refractivity contribution >= 4 is 11.9 Å². The number of carboxylic acids is 1. The molecule has 0 bridgehead atoms. The lowest BCUT2D eigenvalue weighted by Crippen LogP contribution is -2.48. The Labute approximate surface area is 148 Å². The number of rotatable bonds is 5. The molecule has 1 saturated heterocycles. The summed E-state index contributed by atoms with van der Waals surface area (Å²) in [6, 6.07) is 1.79. The first-order valence-electron chi connectivity index (χ1n) is 8.24. The van der Waals surface area contributed by atoms with Gasteiger partial charge in [-0.1, -0.05) is 6.92 Å². The molecule has 26 heavy (non-hydrogen) atoms. The van der Waals surface area contributed by atoms with Crippen LogP contribution in [0, 0.1) is 5.82 Å². The number of hydrogen-bond donors (Lipinski definition) is 1. The molecule has 1 fully saturated rings. The van der Waals surface area contributed by atoms with Crippen molar-refractivity contribution in [2.45, 2.75) is 32.0 Å². The minimum atomic E-state index is -4.73. The van der Waals surface area contributed by atoms with Gasteiger partial charge in [0.25, 0.3) is 5.91 Å². The van der Waals surface area contributed by atoms with Crippen LogP contribution in [-0.2, 0) is 11.0 Å². The van der Waals surface area contributed by atoms with Crippen LogP contribution in [-0.4, -0.2) is 59.0 Å². The topological polar surface area (TPSA) is 60.9 Å². The Bertz CT molecular complexity index is 670. The molecule has 2 rings (SSSR count). The van der Waals surface area contributed by atoms with Crippen LogP contribution < -0.4 is 0 Å². The Hall–Kier alpha value is -2.16. The molecule has 1 aromatic rings. The van der Waals surface area contributed by atoms with Gasteiger partial charge in [-0.25, -0.2) is 4.39 Å². The van der Waals surface area contributed by atoms with Crippen LogP contribution in [0.5, 0.6) is 0 Å². The third kappa shape index (κ3) is 4.94. The average molecular weight is 376 g/mol. The molecule has 0 saturated carbocycles. The first kappa shape index (κ1) is 20.2. The van der Waals surface area contributed by atoms with Crippen LogP contribution in [0.4, 0.5) is 17.6 Å². The number of carbonyl (C=O) groups excluding carboxylic acids is 1. The Kier molecular flexibility index (Phi) is 6.22. The summed E-state index contributed by atoms with van der Waals surface area (Å²) in [5.74, 6) is -2.71. The Balaban J connectivity index is 2.07. The van der Waals surface area contributed by atoms with Crippen LogP contribution in [0.15, 0.2) is 18.2 Å². The zero-order valence-electron chi connectivity index (χ0n) is 14.2. The summed E-state index contributed by atoms with van der Waals surface area (Å²) in [5, 5.41) is 8.92. The number of alkyl halides is 3. The van der Waals surface area contributed by atoms with Crippen LogP contribution in [0.25, 0.3) is 0 Å². The number of amides is 1. The van der Waals surface area contributed by atoms with E-state index in [0.29, 0.717) is 31.5 Å². The number of likely N-dealkylation sites (N-methyl/N-ethyl adjacent to an activating group) is 1. The third-order valence-electron chi connectivity index (χ3n) is 4.48. The maximum absolute atomic E-state index is 13.5. The average Bonchev–Trinajstić information content (AvgIpc) is 2.57. The van der Waals surface area contributed by atoms with Crippen LogP contribution in [0.3, 0.4) is 0 Å². The Morgan fingerprint density at radius 3 is 2.35 bits per heavy atom. The largest absolute Gasteiger partial charge is 0.480 e. The number of hydrogen-bond acceptors (Lipinski definition) is 3. The van der Waals surface area contributed by atoms with Crippen LogP contribution in [0.1, 0.15) is 35.7 Å². The zero-order chi connectivity index (χ0) is 19.5. The molecule has 1 N–H and O–H groups in total. The predicted octanol–water partition coefficient (Wildman–Crippen LogP) is 2.86. The van der Waals surface area contributed by atoms with E-state index in [0.717, 1.165) is 6.07 Å². The molecule has 0 aliphatic carbocycles. The van der Waals surface area contributed by atoms with Crippen molar-refractivity contribution in [3.63, 3.8) is 0 Å². The summed E-state index contributed by atoms with van der Waals surface area (Å²) in [5.41, 5.74) is -1.54. The minimum Gasteiger partial charge on any atom is -0.480 e. The number of piperidine rings is 1. The predicted molar refractivity (Wildman–Crippen MR) is 85.2 cm³/mol. The van der Waals surface area contributed by atoms with Gasteiger partial charge in [-0.3, -0.25) is 14.5 Å². The van der Waals surface area contributed by atoms with E-state index in [9.17, 15) is 27.2 Å². The molecular weight excluding hydrogens is 356 g/mol. The monoisotopic (exact) mass is 376 g/mol. The van der Waals surface area contributed by atoms with Crippen molar-refractivity contribution in [3.05, 3.63) is 35.1 Å². The van der Waals surface area contributed by atoms with Gasteiger partial charge in [-0.2, -0.15) is 13.2 Å². The van der Waals surface area contributed by atoms with Crippen molar-refractivity contribution in [2.75, 3.05) is 26.2 Å². The van der Waals surface area contributed by atoms with Crippen molar-refractivity contribution in [1.29, 1.82) is 0 Å². The van der Waals surface area contributed by atoms with Gasteiger partial charge in [0.05, 0.1) is 12.1 Å². The zero-order valence-corrected chi connectivity index (χ0v) is 14.2. The van der Waals surface area contributed by atoms with E-state index in [1.54, 1.807) is 4.90 Å². The molecule has 0 aromatic heterocycles. The Morgan fingerprint density at radius 2 is 1.85 bits per heavy atom. The van der Waals surface area contributed by atoms with E-state index in [1.807, 2.05) is 6.92 Å². The van der Waals surface area contributed by atoms with Crippen molar-refractivity contribution in [2.24, 2.45) is 0 Å². The fourth-order valence-corrected chi connectivity index (χ4v) is 3.17. The number of carboxylic acid groups (broad SMARTS) is 1. The number of likely N-dealkylation sites (tertiary alicyclic amines) is 1. The van der Waals surface area contributed by atoms with Gasteiger partial charge in [0, 0.05) is 24.7 Å². The fraction of sp³-hybridized carbons (Fsp3) is 0.529. The first-order valence-corrected chi connectivity index (χ1v) is 8.24. The third-order valence-corrected chi connectivity index (χ3v) is 4.48. The summed E-state index contributed by atoms with van der Waals surface area (Å²) in [7, 11) is 0. The molecule has 5 nitrogen and oxygen atoms in total. The highest BCUT2D eigenvalue weighted by atomic mass is 19.4. The van der Waals surface area contributed by atoms with Crippen LogP contribution in [0.2, 0.25) is 0 Å². The van der Waals surface area contributed by atoms with Crippen molar-refractivity contribution in [3.8, 4) is 0 Å². The molecule has 9 heteroatoms. The van der Waals surface area contributed by atoms with Gasteiger partial charge < -0.3 is 10.0 Å². The lowest BCUT2D eigenvalue weighted by atomic mass is 10.0. The van der Waals surface area contributed by atoms with Crippen LogP contribution >= 0.6 is 0 Å². The Morgan fingerprint density at radius 1 is 1.23 bits per heavy atom. The normalized spacial score (nSPS) is 16.2. The van der Waals surface area contributed by atoms with E-state index >= 15 is 0 Å². The second-order valence-electron chi connectivity index (χ2n) is 6.21. The standard InChI is InChI=1S/C17H20F4N2O3/c1-2-22(10-15(24)25)14-3-5-23(6-4-14)16(26)11-7-12(17(19,20)21)9-13(18)8-11/h7-9,14H,2-6,10H2,1H3,(H,24,25). The van der Waals surface area contributed by atoms with Gasteiger partial charge in [0.15, 0.2) is 0 Å². The van der Waals surface area contributed by atoms with Gasteiger partial charge >= 0.3 is 12.1 Å². The number of aliphatic carboxylic acids is 1. The molecule has 1 aromatic carbocycles. The highest BCUT2D eigenvalue weighted by Crippen LogP contribution is 2.31. The molecule has 1 amide bonds. The lowest BCUT2D eigenvalue weighted by molar-refractivity contribution is -0.139. The minimum absolute atomic E-state index is 0.0154. The quantitative estimate of drug-likeness (QED) is 0.803. The lowest BCUT2D eigenvalue weighted by Gasteiger charge is -2.37. The molecule has 0 unspecified atom stereocenters. The summed E-state index contributed by atoms with van der Waals surface area (Å²) in [4.78, 5) is 26.5. The SMILES string of the molecule is CCN(CC(=O)O)C1CCN(C(=O)c2cc(F)cc(C(F)(F)F)c2)CC1. The summed E-state index contributed by atoms with van der Waals surface area (Å²) in [6.45, 7) is 2.83. The van der Waals surface area contributed by atoms with E-state index in [2.05, 4.69) is 0 Å². The van der Waals surface area contributed by atoms with Gasteiger partial charge in [-0.15, -0.1) is 0 Å². The number of nitrogens with zero attached hydrogens (tertiary/aromatic N) is 2. The second-order valence-corrected chi connectivity index (χ2v) is 6.21. The van der Waals surface area contributed by atoms with Gasteiger partial charge in [0.2, 0.25) is 0 Å².